The Balaban J connectivity index is 1.53. The van der Waals surface area contributed by atoms with E-state index in [1.54, 1.807) is 0 Å². The van der Waals surface area contributed by atoms with Crippen molar-refractivity contribution in [2.45, 2.75) is 57.0 Å². The van der Waals surface area contributed by atoms with Crippen LogP contribution in [0.15, 0.2) is 16.5 Å². The summed E-state index contributed by atoms with van der Waals surface area (Å²) in [6.45, 7) is 1.51. The van der Waals surface area contributed by atoms with Crippen molar-refractivity contribution in [1.29, 1.82) is 0 Å². The first-order valence-electron chi connectivity index (χ1n) is 8.41. The van der Waals surface area contributed by atoms with Gasteiger partial charge in [0, 0.05) is 17.6 Å². The second-order valence-electron chi connectivity index (χ2n) is 6.75. The number of nitrogens with zero attached hydrogens (tertiary/aromatic N) is 1. The zero-order chi connectivity index (χ0) is 18.5. The molecule has 2 aromatic rings. The number of alkyl halides is 3. The number of rotatable bonds is 3. The predicted octanol–water partition coefficient (Wildman–Crippen LogP) is 3.27. The SMILES string of the molecule is Cc1c(OC(=O)C(F)(F)F)ccc2oc(OC3CC4CCC(C3)N4)nc12. The Hall–Kier alpha value is -2.29. The van der Waals surface area contributed by atoms with Crippen LogP contribution in [-0.2, 0) is 4.79 Å². The number of ether oxygens (including phenoxy) is 2. The minimum absolute atomic E-state index is 0.00959. The van der Waals surface area contributed by atoms with Gasteiger partial charge in [0.05, 0.1) is 0 Å². The van der Waals surface area contributed by atoms with Crippen LogP contribution in [0.2, 0.25) is 0 Å². The average molecular weight is 370 g/mol. The Bertz CT molecular complexity index is 836. The fourth-order valence-corrected chi connectivity index (χ4v) is 3.65. The number of halogens is 3. The van der Waals surface area contributed by atoms with E-state index in [0.717, 1.165) is 25.7 Å². The largest absolute Gasteiger partial charge is 0.491 e. The lowest BCUT2D eigenvalue weighted by atomic mass is 10.0. The van der Waals surface area contributed by atoms with Crippen molar-refractivity contribution in [2.75, 3.05) is 0 Å². The molecule has 140 valence electrons. The number of carbonyl (C=O) groups is 1. The summed E-state index contributed by atoms with van der Waals surface area (Å²) in [5.74, 6) is -2.48. The van der Waals surface area contributed by atoms with E-state index in [-0.39, 0.29) is 23.5 Å². The van der Waals surface area contributed by atoms with E-state index in [0.29, 0.717) is 23.2 Å². The highest BCUT2D eigenvalue weighted by Crippen LogP contribution is 2.33. The predicted molar refractivity (Wildman–Crippen MR) is 84.0 cm³/mol. The third kappa shape index (κ3) is 3.23. The van der Waals surface area contributed by atoms with Gasteiger partial charge in [-0.25, -0.2) is 4.79 Å². The summed E-state index contributed by atoms with van der Waals surface area (Å²) < 4.78 is 53.0. The van der Waals surface area contributed by atoms with Gasteiger partial charge in [-0.2, -0.15) is 18.2 Å². The molecule has 2 unspecified atom stereocenters. The molecule has 2 bridgehead atoms. The van der Waals surface area contributed by atoms with E-state index in [9.17, 15) is 18.0 Å². The van der Waals surface area contributed by atoms with E-state index in [4.69, 9.17) is 9.15 Å². The molecule has 0 aliphatic carbocycles. The second kappa shape index (κ2) is 6.15. The number of oxazole rings is 1. The molecule has 2 fully saturated rings. The third-order valence-corrected chi connectivity index (χ3v) is 4.88. The highest BCUT2D eigenvalue weighted by Gasteiger charge is 2.41. The molecular formula is C17H17F3N2O4. The topological polar surface area (TPSA) is 73.6 Å². The lowest BCUT2D eigenvalue weighted by Gasteiger charge is -2.28. The van der Waals surface area contributed by atoms with Gasteiger partial charge in [0.2, 0.25) is 0 Å². The fraction of sp³-hybridized carbons (Fsp3) is 0.529. The van der Waals surface area contributed by atoms with Crippen molar-refractivity contribution in [3.05, 3.63) is 17.7 Å². The molecule has 6 nitrogen and oxygen atoms in total. The van der Waals surface area contributed by atoms with Crippen molar-refractivity contribution >= 4 is 17.1 Å². The van der Waals surface area contributed by atoms with Gasteiger partial charge < -0.3 is 19.2 Å². The lowest BCUT2D eigenvalue weighted by molar-refractivity contribution is -0.189. The molecule has 3 heterocycles. The second-order valence-corrected chi connectivity index (χ2v) is 6.75. The number of esters is 1. The van der Waals surface area contributed by atoms with Crippen LogP contribution in [0.4, 0.5) is 13.2 Å². The molecule has 1 aromatic heterocycles. The Morgan fingerprint density at radius 2 is 1.96 bits per heavy atom. The number of piperidine rings is 1. The molecule has 0 radical (unpaired) electrons. The van der Waals surface area contributed by atoms with E-state index >= 15 is 0 Å². The number of nitrogens with one attached hydrogen (secondary N) is 1. The minimum atomic E-state index is -5.06. The number of benzene rings is 1. The first-order valence-corrected chi connectivity index (χ1v) is 8.41. The van der Waals surface area contributed by atoms with Gasteiger partial charge in [-0.05, 0) is 44.7 Å². The first kappa shape index (κ1) is 17.1. The molecular weight excluding hydrogens is 353 g/mol. The molecule has 1 N–H and O–H groups in total. The summed E-state index contributed by atoms with van der Waals surface area (Å²) in [6.07, 6.45) is -1.01. The van der Waals surface area contributed by atoms with Gasteiger partial charge in [-0.15, -0.1) is 0 Å². The van der Waals surface area contributed by atoms with Crippen LogP contribution in [0.3, 0.4) is 0 Å². The summed E-state index contributed by atoms with van der Waals surface area (Å²) in [5.41, 5.74) is 0.953. The van der Waals surface area contributed by atoms with Crippen molar-refractivity contribution in [1.82, 2.24) is 10.3 Å². The molecule has 0 saturated carbocycles. The van der Waals surface area contributed by atoms with Crippen LogP contribution < -0.4 is 14.8 Å². The Morgan fingerprint density at radius 3 is 2.62 bits per heavy atom. The molecule has 0 spiro atoms. The molecule has 1 aromatic carbocycles. The van der Waals surface area contributed by atoms with Gasteiger partial charge in [0.15, 0.2) is 5.58 Å². The molecule has 2 atom stereocenters. The van der Waals surface area contributed by atoms with Gasteiger partial charge in [0.1, 0.15) is 17.4 Å². The number of carbonyl (C=O) groups excluding carboxylic acids is 1. The van der Waals surface area contributed by atoms with Crippen LogP contribution in [0.1, 0.15) is 31.2 Å². The van der Waals surface area contributed by atoms with Crippen molar-refractivity contribution < 1.29 is 31.9 Å². The standard InChI is InChI=1S/C17H17F3N2O4/c1-8-12(25-15(23)17(18,19)20)4-5-13-14(8)22-16(26-13)24-11-6-9-2-3-10(7-11)21-9/h4-5,9-11,21H,2-3,6-7H2,1H3. The van der Waals surface area contributed by atoms with E-state index < -0.39 is 12.1 Å². The van der Waals surface area contributed by atoms with Crippen LogP contribution in [0.25, 0.3) is 11.1 Å². The number of aromatic nitrogens is 1. The van der Waals surface area contributed by atoms with E-state index in [1.165, 1.54) is 19.1 Å². The zero-order valence-electron chi connectivity index (χ0n) is 13.9. The summed E-state index contributed by atoms with van der Waals surface area (Å²) in [7, 11) is 0. The Kier molecular flexibility index (Phi) is 4.06. The summed E-state index contributed by atoms with van der Waals surface area (Å²) in [6, 6.07) is 3.55. The van der Waals surface area contributed by atoms with Crippen molar-refractivity contribution in [3.63, 3.8) is 0 Å². The fourth-order valence-electron chi connectivity index (χ4n) is 3.65. The smallest absolute Gasteiger partial charge is 0.447 e. The first-order chi connectivity index (χ1) is 12.3. The van der Waals surface area contributed by atoms with Crippen molar-refractivity contribution in [3.8, 4) is 11.8 Å². The zero-order valence-corrected chi connectivity index (χ0v) is 13.9. The van der Waals surface area contributed by atoms with E-state index in [1.807, 2.05) is 0 Å². The Labute approximate surface area is 146 Å². The van der Waals surface area contributed by atoms with Crippen LogP contribution in [0.5, 0.6) is 11.8 Å². The molecule has 26 heavy (non-hydrogen) atoms. The van der Waals surface area contributed by atoms with Gasteiger partial charge in [-0.1, -0.05) is 0 Å². The van der Waals surface area contributed by atoms with Crippen molar-refractivity contribution in [2.24, 2.45) is 0 Å². The number of hydrogen-bond acceptors (Lipinski definition) is 6. The summed E-state index contributed by atoms with van der Waals surface area (Å²) in [4.78, 5) is 15.3. The third-order valence-electron chi connectivity index (χ3n) is 4.88. The van der Waals surface area contributed by atoms with Crippen LogP contribution >= 0.6 is 0 Å². The van der Waals surface area contributed by atoms with E-state index in [2.05, 4.69) is 15.0 Å². The Morgan fingerprint density at radius 1 is 1.27 bits per heavy atom. The molecule has 2 aliphatic rings. The molecule has 2 aliphatic heterocycles. The highest BCUT2D eigenvalue weighted by molar-refractivity contribution is 5.83. The molecule has 4 rings (SSSR count). The average Bonchev–Trinajstić information content (AvgIpc) is 3.12. The quantitative estimate of drug-likeness (QED) is 0.660. The summed E-state index contributed by atoms with van der Waals surface area (Å²) >= 11 is 0. The van der Waals surface area contributed by atoms with Crippen LogP contribution in [-0.4, -0.2) is 35.3 Å². The van der Waals surface area contributed by atoms with Gasteiger partial charge in [-0.3, -0.25) is 0 Å². The number of hydrogen-bond donors (Lipinski definition) is 1. The maximum Gasteiger partial charge on any atom is 0.491 e. The summed E-state index contributed by atoms with van der Waals surface area (Å²) in [5, 5.41) is 3.51. The molecule has 9 heteroatoms. The van der Waals surface area contributed by atoms with Crippen LogP contribution in [0, 0.1) is 6.92 Å². The number of fused-ring (bicyclic) bond motifs is 3. The maximum absolute atomic E-state index is 12.4. The molecule has 0 amide bonds. The monoisotopic (exact) mass is 370 g/mol. The maximum atomic E-state index is 12.4. The van der Waals surface area contributed by atoms with Gasteiger partial charge >= 0.3 is 18.2 Å². The van der Waals surface area contributed by atoms with Gasteiger partial charge in [0.25, 0.3) is 0 Å². The molecule has 2 saturated heterocycles. The minimum Gasteiger partial charge on any atom is -0.447 e. The lowest BCUT2D eigenvalue weighted by Crippen LogP contribution is -2.42. The normalized spacial score (nSPS) is 25.5. The number of aryl methyl sites for hydroxylation is 1. The highest BCUT2D eigenvalue weighted by atomic mass is 19.4.